The zero-order valence-electron chi connectivity index (χ0n) is 20.4. The molecule has 0 amide bonds. The monoisotopic (exact) mass is 478 g/mol. The number of benzene rings is 3. The molecule has 0 saturated carbocycles. The van der Waals surface area contributed by atoms with Crippen LogP contribution < -0.4 is 18.9 Å². The van der Waals surface area contributed by atoms with Gasteiger partial charge in [0.2, 0.25) is 0 Å². The average molecular weight is 479 g/mol. The molecule has 0 aliphatic heterocycles. The van der Waals surface area contributed by atoms with Gasteiger partial charge in [0.1, 0.15) is 36.2 Å². The maximum absolute atomic E-state index is 12.4. The van der Waals surface area contributed by atoms with E-state index in [-0.39, 0.29) is 24.6 Å². The molecule has 7 nitrogen and oxygen atoms in total. The van der Waals surface area contributed by atoms with E-state index < -0.39 is 5.97 Å². The summed E-state index contributed by atoms with van der Waals surface area (Å²) in [6.07, 6.45) is 1.48. The number of aromatic carboxylic acids is 1. The number of carboxylic acid groups (broad SMARTS) is 1. The molecule has 0 atom stereocenters. The van der Waals surface area contributed by atoms with Crippen LogP contribution in [-0.4, -0.2) is 31.1 Å². The van der Waals surface area contributed by atoms with Crippen molar-refractivity contribution in [3.63, 3.8) is 0 Å². The minimum Gasteiger partial charge on any atom is -0.497 e. The maximum Gasteiger partial charge on any atom is 0.335 e. The van der Waals surface area contributed by atoms with E-state index in [2.05, 4.69) is 0 Å². The van der Waals surface area contributed by atoms with Crippen molar-refractivity contribution in [3.8, 4) is 23.0 Å². The van der Waals surface area contributed by atoms with Gasteiger partial charge in [0, 0.05) is 11.1 Å². The molecule has 0 aliphatic carbocycles. The van der Waals surface area contributed by atoms with Crippen LogP contribution in [0.1, 0.15) is 57.7 Å². The number of Topliss-reactive ketones (excluding diaryl/α,β-unsaturated/α-hetero) is 1. The number of hydrogen-bond donors (Lipinski definition) is 1. The number of carboxylic acids is 1. The van der Waals surface area contributed by atoms with Crippen LogP contribution in [0.4, 0.5) is 0 Å². The van der Waals surface area contributed by atoms with Crippen LogP contribution in [0.3, 0.4) is 0 Å². The number of hydrogen-bond acceptors (Lipinski definition) is 6. The third kappa shape index (κ3) is 6.32. The fourth-order valence-corrected chi connectivity index (χ4v) is 3.70. The number of methoxy groups -OCH3 is 2. The SMILES string of the molecule is CCCc1c(OCc2ccc(C(=O)O)cc2OC)ccc(C(C)=O)c1OCc1ccc(OC)cc1. The quantitative estimate of drug-likeness (QED) is 0.333. The second-order valence-corrected chi connectivity index (χ2v) is 7.98. The van der Waals surface area contributed by atoms with Crippen molar-refractivity contribution in [2.24, 2.45) is 0 Å². The molecular formula is C28H30O7. The summed E-state index contributed by atoms with van der Waals surface area (Å²) < 4.78 is 22.9. The Morgan fingerprint density at radius 1 is 0.857 bits per heavy atom. The second kappa shape index (κ2) is 11.9. The Bertz CT molecular complexity index is 1180. The minimum absolute atomic E-state index is 0.0930. The van der Waals surface area contributed by atoms with Crippen LogP contribution in [0.2, 0.25) is 0 Å². The van der Waals surface area contributed by atoms with E-state index in [4.69, 9.17) is 18.9 Å². The van der Waals surface area contributed by atoms with Gasteiger partial charge in [0.15, 0.2) is 5.78 Å². The molecule has 1 N–H and O–H groups in total. The van der Waals surface area contributed by atoms with Gasteiger partial charge in [-0.25, -0.2) is 4.79 Å². The molecule has 0 fully saturated rings. The second-order valence-electron chi connectivity index (χ2n) is 7.98. The molecule has 0 saturated heterocycles. The number of carbonyl (C=O) groups excluding carboxylic acids is 1. The molecule has 0 aromatic heterocycles. The summed E-state index contributed by atoms with van der Waals surface area (Å²) >= 11 is 0. The smallest absolute Gasteiger partial charge is 0.335 e. The third-order valence-corrected chi connectivity index (χ3v) is 5.56. The number of ketones is 1. The Hall–Kier alpha value is -4.00. The van der Waals surface area contributed by atoms with Gasteiger partial charge in [-0.15, -0.1) is 0 Å². The van der Waals surface area contributed by atoms with E-state index in [0.29, 0.717) is 34.8 Å². The lowest BCUT2D eigenvalue weighted by molar-refractivity contribution is 0.0696. The summed E-state index contributed by atoms with van der Waals surface area (Å²) in [5.74, 6) is 1.18. The standard InChI is InChI=1S/C28H30O7/c1-5-6-24-25(34-17-21-10-9-20(28(30)31)15-26(21)33-4)14-13-23(18(2)29)27(24)35-16-19-7-11-22(32-3)12-8-19/h7-15H,5-6,16-17H2,1-4H3,(H,30,31). The summed E-state index contributed by atoms with van der Waals surface area (Å²) in [4.78, 5) is 23.6. The van der Waals surface area contributed by atoms with Gasteiger partial charge in [0.05, 0.1) is 25.3 Å². The van der Waals surface area contributed by atoms with Gasteiger partial charge >= 0.3 is 5.97 Å². The van der Waals surface area contributed by atoms with E-state index in [1.165, 1.54) is 26.2 Å². The number of rotatable bonds is 12. The summed E-state index contributed by atoms with van der Waals surface area (Å²) in [6, 6.07) is 15.7. The fourth-order valence-electron chi connectivity index (χ4n) is 3.70. The predicted octanol–water partition coefficient (Wildman–Crippen LogP) is 5.72. The molecule has 0 radical (unpaired) electrons. The number of carbonyl (C=O) groups is 2. The van der Waals surface area contributed by atoms with Crippen molar-refractivity contribution in [3.05, 3.63) is 82.4 Å². The first-order valence-corrected chi connectivity index (χ1v) is 11.3. The first-order valence-electron chi connectivity index (χ1n) is 11.3. The molecule has 184 valence electrons. The van der Waals surface area contributed by atoms with Crippen molar-refractivity contribution >= 4 is 11.8 Å². The molecule has 0 aliphatic rings. The number of ether oxygens (including phenoxy) is 4. The normalized spacial score (nSPS) is 10.5. The van der Waals surface area contributed by atoms with Crippen LogP contribution >= 0.6 is 0 Å². The van der Waals surface area contributed by atoms with Crippen molar-refractivity contribution in [2.45, 2.75) is 39.9 Å². The molecule has 7 heteroatoms. The van der Waals surface area contributed by atoms with E-state index in [0.717, 1.165) is 23.3 Å². The molecule has 3 aromatic rings. The first kappa shape index (κ1) is 25.6. The summed E-state index contributed by atoms with van der Waals surface area (Å²) in [7, 11) is 3.10. The van der Waals surface area contributed by atoms with Crippen LogP contribution in [-0.2, 0) is 19.6 Å². The predicted molar refractivity (Wildman–Crippen MR) is 132 cm³/mol. The highest BCUT2D eigenvalue weighted by atomic mass is 16.5. The Labute approximate surface area is 205 Å². The summed E-state index contributed by atoms with van der Waals surface area (Å²) in [5, 5.41) is 9.22. The molecule has 3 rings (SSSR count). The van der Waals surface area contributed by atoms with Crippen molar-refractivity contribution < 1.29 is 33.6 Å². The lowest BCUT2D eigenvalue weighted by atomic mass is 10.0. The third-order valence-electron chi connectivity index (χ3n) is 5.56. The average Bonchev–Trinajstić information content (AvgIpc) is 2.87. The van der Waals surface area contributed by atoms with Crippen LogP contribution in [0.15, 0.2) is 54.6 Å². The molecule has 35 heavy (non-hydrogen) atoms. The van der Waals surface area contributed by atoms with Gasteiger partial charge in [-0.05, 0) is 55.3 Å². The molecular weight excluding hydrogens is 448 g/mol. The van der Waals surface area contributed by atoms with E-state index in [9.17, 15) is 14.7 Å². The lowest BCUT2D eigenvalue weighted by Gasteiger charge is -2.19. The van der Waals surface area contributed by atoms with Gasteiger partial charge in [-0.3, -0.25) is 4.79 Å². The van der Waals surface area contributed by atoms with Crippen molar-refractivity contribution in [2.75, 3.05) is 14.2 Å². The fraction of sp³-hybridized carbons (Fsp3) is 0.286. The maximum atomic E-state index is 12.4. The van der Waals surface area contributed by atoms with Gasteiger partial charge in [-0.1, -0.05) is 31.5 Å². The zero-order chi connectivity index (χ0) is 25.4. The Morgan fingerprint density at radius 3 is 2.20 bits per heavy atom. The highest BCUT2D eigenvalue weighted by Crippen LogP contribution is 2.36. The molecule has 0 bridgehead atoms. The van der Waals surface area contributed by atoms with E-state index in [1.54, 1.807) is 25.3 Å². The van der Waals surface area contributed by atoms with Crippen LogP contribution in [0.5, 0.6) is 23.0 Å². The zero-order valence-corrected chi connectivity index (χ0v) is 20.4. The van der Waals surface area contributed by atoms with E-state index in [1.807, 2.05) is 31.2 Å². The Morgan fingerprint density at radius 2 is 1.60 bits per heavy atom. The van der Waals surface area contributed by atoms with Crippen molar-refractivity contribution in [1.29, 1.82) is 0 Å². The Balaban J connectivity index is 1.90. The van der Waals surface area contributed by atoms with E-state index >= 15 is 0 Å². The summed E-state index contributed by atoms with van der Waals surface area (Å²) in [6.45, 7) is 4.01. The van der Waals surface area contributed by atoms with Gasteiger partial charge in [0.25, 0.3) is 0 Å². The van der Waals surface area contributed by atoms with Gasteiger partial charge in [-0.2, -0.15) is 0 Å². The molecule has 0 spiro atoms. The van der Waals surface area contributed by atoms with Gasteiger partial charge < -0.3 is 24.1 Å². The minimum atomic E-state index is -1.03. The molecule has 0 heterocycles. The largest absolute Gasteiger partial charge is 0.497 e. The lowest BCUT2D eigenvalue weighted by Crippen LogP contribution is -2.08. The topological polar surface area (TPSA) is 91.3 Å². The summed E-state index contributed by atoms with van der Waals surface area (Å²) in [5.41, 5.74) is 3.10. The Kier molecular flexibility index (Phi) is 8.73. The highest BCUT2D eigenvalue weighted by Gasteiger charge is 2.19. The molecule has 0 unspecified atom stereocenters. The van der Waals surface area contributed by atoms with Crippen LogP contribution in [0.25, 0.3) is 0 Å². The first-order chi connectivity index (χ1) is 16.9. The van der Waals surface area contributed by atoms with Crippen LogP contribution in [0, 0.1) is 0 Å². The highest BCUT2D eigenvalue weighted by molar-refractivity contribution is 5.97. The van der Waals surface area contributed by atoms with Crippen molar-refractivity contribution in [1.82, 2.24) is 0 Å². The molecule has 3 aromatic carbocycles.